The van der Waals surface area contributed by atoms with Crippen LogP contribution in [0.3, 0.4) is 0 Å². The van der Waals surface area contributed by atoms with Gasteiger partial charge in [-0.05, 0) is 0 Å². The maximum absolute atomic E-state index is 6.06. The number of halogens is 1. The molecule has 0 spiro atoms. The summed E-state index contributed by atoms with van der Waals surface area (Å²) in [7, 11) is 3.71. The molecule has 0 saturated heterocycles. The standard InChI is InChI=1S/C9H13ClN6/c1-15-4-7(12-5-15)8(14-11)9-6(10)3-13-16(9)2/h3-5,8,14H,11H2,1-2H3. The Morgan fingerprint density at radius 2 is 2.25 bits per heavy atom. The summed E-state index contributed by atoms with van der Waals surface area (Å²) in [6, 6.07) is -0.263. The van der Waals surface area contributed by atoms with Crippen molar-refractivity contribution in [3.63, 3.8) is 0 Å². The Bertz CT molecular complexity index is 468. The molecule has 16 heavy (non-hydrogen) atoms. The van der Waals surface area contributed by atoms with Crippen molar-refractivity contribution in [2.75, 3.05) is 0 Å². The van der Waals surface area contributed by atoms with Crippen LogP contribution in [0.1, 0.15) is 17.4 Å². The fourth-order valence-corrected chi connectivity index (χ4v) is 1.91. The van der Waals surface area contributed by atoms with Gasteiger partial charge in [-0.1, -0.05) is 11.6 Å². The van der Waals surface area contributed by atoms with Crippen molar-refractivity contribution in [1.29, 1.82) is 0 Å². The summed E-state index contributed by atoms with van der Waals surface area (Å²) in [5.41, 5.74) is 4.29. The third-order valence-corrected chi connectivity index (χ3v) is 2.69. The summed E-state index contributed by atoms with van der Waals surface area (Å²) in [6.07, 6.45) is 5.18. The minimum atomic E-state index is -0.263. The van der Waals surface area contributed by atoms with Crippen LogP contribution in [0.5, 0.6) is 0 Å². The van der Waals surface area contributed by atoms with Gasteiger partial charge in [-0.15, -0.1) is 0 Å². The molecule has 6 nitrogen and oxygen atoms in total. The van der Waals surface area contributed by atoms with E-state index < -0.39 is 0 Å². The molecule has 2 aromatic heterocycles. The van der Waals surface area contributed by atoms with Gasteiger partial charge in [-0.2, -0.15) is 5.10 Å². The van der Waals surface area contributed by atoms with Crippen LogP contribution in [-0.2, 0) is 14.1 Å². The van der Waals surface area contributed by atoms with Gasteiger partial charge in [0.2, 0.25) is 0 Å². The predicted molar refractivity (Wildman–Crippen MR) is 60.6 cm³/mol. The molecule has 0 radical (unpaired) electrons. The lowest BCUT2D eigenvalue weighted by Gasteiger charge is -2.14. The second-order valence-corrected chi connectivity index (χ2v) is 3.97. The van der Waals surface area contributed by atoms with E-state index in [1.807, 2.05) is 24.9 Å². The largest absolute Gasteiger partial charge is 0.340 e. The van der Waals surface area contributed by atoms with E-state index in [4.69, 9.17) is 17.4 Å². The molecule has 2 aromatic rings. The van der Waals surface area contributed by atoms with Gasteiger partial charge in [-0.3, -0.25) is 10.5 Å². The number of rotatable bonds is 3. The first-order valence-corrected chi connectivity index (χ1v) is 5.12. The Kier molecular flexibility index (Phi) is 2.95. The van der Waals surface area contributed by atoms with E-state index in [0.717, 1.165) is 11.4 Å². The minimum absolute atomic E-state index is 0.263. The molecule has 2 rings (SSSR count). The van der Waals surface area contributed by atoms with Crippen LogP contribution in [0.4, 0.5) is 0 Å². The third kappa shape index (κ3) is 1.82. The van der Waals surface area contributed by atoms with Crippen LogP contribution in [0, 0.1) is 0 Å². The van der Waals surface area contributed by atoms with Crippen LogP contribution in [0.25, 0.3) is 0 Å². The summed E-state index contributed by atoms with van der Waals surface area (Å²) < 4.78 is 3.53. The fourth-order valence-electron chi connectivity index (χ4n) is 1.63. The first-order valence-electron chi connectivity index (χ1n) is 4.75. The van der Waals surface area contributed by atoms with Crippen molar-refractivity contribution in [3.8, 4) is 0 Å². The molecule has 1 unspecified atom stereocenters. The Labute approximate surface area is 98.0 Å². The second kappa shape index (κ2) is 4.25. The van der Waals surface area contributed by atoms with E-state index in [2.05, 4.69) is 15.5 Å². The van der Waals surface area contributed by atoms with Crippen molar-refractivity contribution in [2.45, 2.75) is 6.04 Å². The van der Waals surface area contributed by atoms with Crippen LogP contribution in [0.15, 0.2) is 18.7 Å². The average Bonchev–Trinajstić information content (AvgIpc) is 2.80. The van der Waals surface area contributed by atoms with Gasteiger partial charge in [0.15, 0.2) is 0 Å². The van der Waals surface area contributed by atoms with E-state index in [9.17, 15) is 0 Å². The number of nitrogens with one attached hydrogen (secondary N) is 1. The zero-order chi connectivity index (χ0) is 11.7. The molecule has 0 amide bonds. The first kappa shape index (κ1) is 11.1. The highest BCUT2D eigenvalue weighted by Gasteiger charge is 2.21. The topological polar surface area (TPSA) is 73.7 Å². The van der Waals surface area contributed by atoms with Crippen molar-refractivity contribution >= 4 is 11.6 Å². The number of nitrogens with zero attached hydrogens (tertiary/aromatic N) is 4. The number of imidazole rings is 1. The van der Waals surface area contributed by atoms with E-state index in [0.29, 0.717) is 5.02 Å². The smallest absolute Gasteiger partial charge is 0.108 e. The highest BCUT2D eigenvalue weighted by atomic mass is 35.5. The molecule has 3 N–H and O–H groups in total. The molecule has 0 saturated carbocycles. The molecule has 0 aliphatic rings. The molecule has 7 heteroatoms. The van der Waals surface area contributed by atoms with Crippen LogP contribution < -0.4 is 11.3 Å². The highest BCUT2D eigenvalue weighted by Crippen LogP contribution is 2.25. The minimum Gasteiger partial charge on any atom is -0.340 e. The number of aryl methyl sites for hydroxylation is 2. The molecular weight excluding hydrogens is 228 g/mol. The lowest BCUT2D eigenvalue weighted by molar-refractivity contribution is 0.565. The summed E-state index contributed by atoms with van der Waals surface area (Å²) in [6.45, 7) is 0. The number of nitrogens with two attached hydrogens (primary N) is 1. The lowest BCUT2D eigenvalue weighted by atomic mass is 10.1. The normalized spacial score (nSPS) is 13.0. The number of hydrazine groups is 1. The van der Waals surface area contributed by atoms with Crippen molar-refractivity contribution in [1.82, 2.24) is 24.8 Å². The van der Waals surface area contributed by atoms with Crippen molar-refractivity contribution in [2.24, 2.45) is 19.9 Å². The monoisotopic (exact) mass is 240 g/mol. The van der Waals surface area contributed by atoms with Gasteiger partial charge in [0.25, 0.3) is 0 Å². The molecule has 0 bridgehead atoms. The van der Waals surface area contributed by atoms with Gasteiger partial charge >= 0.3 is 0 Å². The van der Waals surface area contributed by atoms with Gasteiger partial charge < -0.3 is 4.57 Å². The summed E-state index contributed by atoms with van der Waals surface area (Å²) in [5.74, 6) is 5.54. The number of hydrogen-bond acceptors (Lipinski definition) is 4. The molecule has 0 aliphatic carbocycles. The Balaban J connectivity index is 2.44. The second-order valence-electron chi connectivity index (χ2n) is 3.57. The van der Waals surface area contributed by atoms with Gasteiger partial charge in [-0.25, -0.2) is 10.4 Å². The highest BCUT2D eigenvalue weighted by molar-refractivity contribution is 6.31. The molecule has 1 atom stereocenters. The molecule has 0 fully saturated rings. The van der Waals surface area contributed by atoms with Crippen LogP contribution in [-0.4, -0.2) is 19.3 Å². The zero-order valence-electron chi connectivity index (χ0n) is 9.05. The van der Waals surface area contributed by atoms with Crippen molar-refractivity contribution < 1.29 is 0 Å². The zero-order valence-corrected chi connectivity index (χ0v) is 9.81. The Hall–Kier alpha value is -1.37. The Morgan fingerprint density at radius 3 is 2.69 bits per heavy atom. The van der Waals surface area contributed by atoms with E-state index >= 15 is 0 Å². The first-order chi connectivity index (χ1) is 7.63. The molecular formula is C9H13ClN6. The summed E-state index contributed by atoms with van der Waals surface area (Å²) >= 11 is 6.06. The lowest BCUT2D eigenvalue weighted by Crippen LogP contribution is -2.30. The van der Waals surface area contributed by atoms with Gasteiger partial charge in [0, 0.05) is 20.3 Å². The molecule has 86 valence electrons. The van der Waals surface area contributed by atoms with Gasteiger partial charge in [0.05, 0.1) is 28.9 Å². The summed E-state index contributed by atoms with van der Waals surface area (Å²) in [4.78, 5) is 4.25. The quantitative estimate of drug-likeness (QED) is 0.600. The fraction of sp³-hybridized carbons (Fsp3) is 0.333. The van der Waals surface area contributed by atoms with E-state index in [-0.39, 0.29) is 6.04 Å². The molecule has 2 heterocycles. The Morgan fingerprint density at radius 1 is 1.50 bits per heavy atom. The third-order valence-electron chi connectivity index (χ3n) is 2.40. The number of aromatic nitrogens is 4. The average molecular weight is 241 g/mol. The van der Waals surface area contributed by atoms with Crippen molar-refractivity contribution in [3.05, 3.63) is 35.1 Å². The van der Waals surface area contributed by atoms with Crippen LogP contribution >= 0.6 is 11.6 Å². The van der Waals surface area contributed by atoms with E-state index in [1.165, 1.54) is 0 Å². The SMILES string of the molecule is Cn1cnc(C(NN)c2c(Cl)cnn2C)c1. The van der Waals surface area contributed by atoms with E-state index in [1.54, 1.807) is 17.2 Å². The predicted octanol–water partition coefficient (Wildman–Crippen LogP) is 0.360. The summed E-state index contributed by atoms with van der Waals surface area (Å²) in [5, 5.41) is 4.64. The maximum atomic E-state index is 6.06. The maximum Gasteiger partial charge on any atom is 0.108 e. The van der Waals surface area contributed by atoms with Crippen LogP contribution in [0.2, 0.25) is 5.02 Å². The molecule has 0 aliphatic heterocycles. The van der Waals surface area contributed by atoms with Gasteiger partial charge in [0.1, 0.15) is 6.04 Å². The number of hydrogen-bond donors (Lipinski definition) is 2. The molecule has 0 aromatic carbocycles.